The minimum atomic E-state index is 0. The molecule has 0 saturated heterocycles. The van der Waals surface area contributed by atoms with Crippen LogP contribution in [0.5, 0.6) is 11.5 Å². The highest BCUT2D eigenvalue weighted by molar-refractivity contribution is 6.30. The monoisotopic (exact) mass is 437 g/mol. The van der Waals surface area contributed by atoms with Crippen LogP contribution in [0, 0.1) is 0 Å². The molecule has 0 radical (unpaired) electrons. The van der Waals surface area contributed by atoms with E-state index < -0.39 is 0 Å². The molecule has 0 aliphatic heterocycles. The van der Waals surface area contributed by atoms with E-state index in [2.05, 4.69) is 5.32 Å². The number of nitrogens with one attached hydrogen (secondary N) is 1. The van der Waals surface area contributed by atoms with Crippen molar-refractivity contribution in [2.24, 2.45) is 0 Å². The third-order valence-electron chi connectivity index (χ3n) is 4.13. The van der Waals surface area contributed by atoms with E-state index in [0.717, 1.165) is 29.2 Å². The molecule has 28 heavy (non-hydrogen) atoms. The molecule has 148 valence electrons. The summed E-state index contributed by atoms with van der Waals surface area (Å²) in [4.78, 5) is 0. The maximum Gasteiger partial charge on any atom is 0.124 e. The molecule has 0 atom stereocenters. The average molecular weight is 439 g/mol. The van der Waals surface area contributed by atoms with Crippen LogP contribution in [0.2, 0.25) is 10.0 Å². The fourth-order valence-electron chi connectivity index (χ4n) is 2.65. The highest BCUT2D eigenvalue weighted by atomic mass is 35.5. The van der Waals surface area contributed by atoms with Gasteiger partial charge in [-0.2, -0.15) is 0 Å². The Kier molecular flexibility index (Phi) is 8.94. The van der Waals surface area contributed by atoms with Gasteiger partial charge in [-0.15, -0.1) is 12.4 Å². The summed E-state index contributed by atoms with van der Waals surface area (Å²) in [7, 11) is 1.66. The Bertz CT molecular complexity index is 868. The number of hydrogen-bond acceptors (Lipinski definition) is 3. The molecule has 0 fully saturated rings. The van der Waals surface area contributed by atoms with E-state index in [1.807, 2.05) is 66.7 Å². The van der Waals surface area contributed by atoms with Gasteiger partial charge in [0, 0.05) is 28.7 Å². The molecular weight excluding hydrogens is 417 g/mol. The molecule has 0 aliphatic carbocycles. The van der Waals surface area contributed by atoms with E-state index in [0.29, 0.717) is 23.2 Å². The second kappa shape index (κ2) is 11.2. The number of rotatable bonds is 8. The summed E-state index contributed by atoms with van der Waals surface area (Å²) in [5.74, 6) is 1.67. The lowest BCUT2D eigenvalue weighted by Gasteiger charge is -2.13. The third kappa shape index (κ3) is 6.61. The average Bonchev–Trinajstić information content (AvgIpc) is 2.69. The zero-order chi connectivity index (χ0) is 19.1. The van der Waals surface area contributed by atoms with Crippen LogP contribution in [0.3, 0.4) is 0 Å². The van der Waals surface area contributed by atoms with Crippen LogP contribution in [-0.2, 0) is 19.7 Å². The van der Waals surface area contributed by atoms with Gasteiger partial charge in [0.25, 0.3) is 0 Å². The fraction of sp³-hybridized carbons (Fsp3) is 0.182. The number of ether oxygens (including phenoxy) is 2. The Labute approximate surface area is 182 Å². The molecule has 0 bridgehead atoms. The Morgan fingerprint density at radius 3 is 2.11 bits per heavy atom. The molecule has 3 aromatic carbocycles. The Hall–Kier alpha value is -1.91. The zero-order valence-electron chi connectivity index (χ0n) is 15.5. The van der Waals surface area contributed by atoms with E-state index in [1.54, 1.807) is 7.11 Å². The van der Waals surface area contributed by atoms with Gasteiger partial charge in [0.15, 0.2) is 0 Å². The van der Waals surface area contributed by atoms with Crippen LogP contribution in [0.25, 0.3) is 0 Å². The van der Waals surface area contributed by atoms with Crippen LogP contribution in [0.4, 0.5) is 0 Å². The molecular formula is C22H22Cl3NO2. The van der Waals surface area contributed by atoms with Crippen LogP contribution in [0.1, 0.15) is 16.7 Å². The predicted octanol–water partition coefficient (Wildman–Crippen LogP) is 6.29. The number of hydrogen-bond donors (Lipinski definition) is 1. The summed E-state index contributed by atoms with van der Waals surface area (Å²) in [6, 6.07) is 21.3. The molecule has 6 heteroatoms. The van der Waals surface area contributed by atoms with Gasteiger partial charge < -0.3 is 14.8 Å². The van der Waals surface area contributed by atoms with Gasteiger partial charge in [0.05, 0.1) is 7.11 Å². The maximum atomic E-state index is 6.17. The van der Waals surface area contributed by atoms with Gasteiger partial charge in [-0.05, 0) is 53.6 Å². The number of methoxy groups -OCH3 is 1. The molecule has 3 aromatic rings. The zero-order valence-corrected chi connectivity index (χ0v) is 17.8. The van der Waals surface area contributed by atoms with Crippen LogP contribution in [0.15, 0.2) is 66.7 Å². The first-order chi connectivity index (χ1) is 13.1. The molecule has 0 saturated carbocycles. The lowest BCUT2D eigenvalue weighted by Crippen LogP contribution is -2.13. The van der Waals surface area contributed by atoms with E-state index in [-0.39, 0.29) is 12.4 Å². The standard InChI is InChI=1S/C22H21Cl2NO2.ClH/c1-26-21-9-4-16(5-10-21)13-25-14-18-12-20(24)8-11-22(18)27-15-17-2-6-19(23)7-3-17;/h2-12,25H,13-15H2,1H3;1H. The molecule has 0 aliphatic rings. The van der Waals surface area contributed by atoms with Crippen LogP contribution >= 0.6 is 35.6 Å². The van der Waals surface area contributed by atoms with Gasteiger partial charge in [0.2, 0.25) is 0 Å². The second-order valence-electron chi connectivity index (χ2n) is 6.12. The smallest absolute Gasteiger partial charge is 0.124 e. The third-order valence-corrected chi connectivity index (χ3v) is 4.62. The lowest BCUT2D eigenvalue weighted by atomic mass is 10.1. The lowest BCUT2D eigenvalue weighted by molar-refractivity contribution is 0.302. The first kappa shape index (κ1) is 22.4. The highest BCUT2D eigenvalue weighted by Crippen LogP contribution is 2.24. The van der Waals surface area contributed by atoms with Gasteiger partial charge in [-0.3, -0.25) is 0 Å². The molecule has 0 amide bonds. The van der Waals surface area contributed by atoms with Crippen molar-refractivity contribution in [1.82, 2.24) is 5.32 Å². The second-order valence-corrected chi connectivity index (χ2v) is 6.99. The Morgan fingerprint density at radius 1 is 0.786 bits per heavy atom. The van der Waals surface area contributed by atoms with Crippen LogP contribution in [-0.4, -0.2) is 7.11 Å². The van der Waals surface area contributed by atoms with Crippen molar-refractivity contribution in [3.8, 4) is 11.5 Å². The minimum absolute atomic E-state index is 0. The first-order valence-electron chi connectivity index (χ1n) is 8.63. The SMILES string of the molecule is COc1ccc(CNCc2cc(Cl)ccc2OCc2ccc(Cl)cc2)cc1.Cl. The minimum Gasteiger partial charge on any atom is -0.497 e. The summed E-state index contributed by atoms with van der Waals surface area (Å²) in [6.07, 6.45) is 0. The topological polar surface area (TPSA) is 30.5 Å². The van der Waals surface area contributed by atoms with Gasteiger partial charge >= 0.3 is 0 Å². The first-order valence-corrected chi connectivity index (χ1v) is 9.39. The Morgan fingerprint density at radius 2 is 1.43 bits per heavy atom. The van der Waals surface area contributed by atoms with Gasteiger partial charge in [0.1, 0.15) is 18.1 Å². The quantitative estimate of drug-likeness (QED) is 0.448. The predicted molar refractivity (Wildman–Crippen MR) is 118 cm³/mol. The van der Waals surface area contributed by atoms with Crippen molar-refractivity contribution in [3.05, 3.63) is 93.5 Å². The number of benzene rings is 3. The van der Waals surface area contributed by atoms with Crippen molar-refractivity contribution >= 4 is 35.6 Å². The summed E-state index contributed by atoms with van der Waals surface area (Å²) < 4.78 is 11.2. The van der Waals surface area contributed by atoms with Crippen molar-refractivity contribution in [2.45, 2.75) is 19.7 Å². The Balaban J connectivity index is 0.00000280. The van der Waals surface area contributed by atoms with Crippen molar-refractivity contribution in [1.29, 1.82) is 0 Å². The normalized spacial score (nSPS) is 10.2. The van der Waals surface area contributed by atoms with Crippen LogP contribution < -0.4 is 14.8 Å². The molecule has 0 spiro atoms. The van der Waals surface area contributed by atoms with Crippen molar-refractivity contribution in [3.63, 3.8) is 0 Å². The maximum absolute atomic E-state index is 6.17. The largest absolute Gasteiger partial charge is 0.497 e. The van der Waals surface area contributed by atoms with E-state index in [9.17, 15) is 0 Å². The molecule has 0 unspecified atom stereocenters. The summed E-state index contributed by atoms with van der Waals surface area (Å²) >= 11 is 12.1. The van der Waals surface area contributed by atoms with Crippen molar-refractivity contribution in [2.75, 3.05) is 7.11 Å². The molecule has 0 aromatic heterocycles. The fourth-order valence-corrected chi connectivity index (χ4v) is 2.97. The summed E-state index contributed by atoms with van der Waals surface area (Å²) in [6.45, 7) is 1.87. The van der Waals surface area contributed by atoms with Gasteiger partial charge in [-0.1, -0.05) is 47.5 Å². The highest BCUT2D eigenvalue weighted by Gasteiger charge is 2.06. The van der Waals surface area contributed by atoms with Crippen molar-refractivity contribution < 1.29 is 9.47 Å². The molecule has 1 N–H and O–H groups in total. The number of halogens is 3. The van der Waals surface area contributed by atoms with E-state index in [1.165, 1.54) is 5.56 Å². The van der Waals surface area contributed by atoms with E-state index in [4.69, 9.17) is 32.7 Å². The molecule has 0 heterocycles. The summed E-state index contributed by atoms with van der Waals surface area (Å²) in [5, 5.41) is 4.84. The molecule has 3 nitrogen and oxygen atoms in total. The molecule has 3 rings (SSSR count). The van der Waals surface area contributed by atoms with Gasteiger partial charge in [-0.25, -0.2) is 0 Å². The summed E-state index contributed by atoms with van der Waals surface area (Å²) in [5.41, 5.74) is 3.26. The van der Waals surface area contributed by atoms with E-state index >= 15 is 0 Å².